The number of hydrogen-bond acceptors (Lipinski definition) is 3. The second kappa shape index (κ2) is 4.71. The summed E-state index contributed by atoms with van der Waals surface area (Å²) < 4.78 is 39.1. The highest BCUT2D eigenvalue weighted by molar-refractivity contribution is 6.63. The highest BCUT2D eigenvalue weighted by Crippen LogP contribution is 2.34. The molecule has 2 rings (SSSR count). The van der Waals surface area contributed by atoms with E-state index in [9.17, 15) is 23.2 Å². The van der Waals surface area contributed by atoms with E-state index in [1.54, 1.807) is 6.92 Å². The molecule has 0 saturated carbocycles. The molecular formula is C11H10BF3N2O2. The van der Waals surface area contributed by atoms with Gasteiger partial charge >= 0.3 is 13.3 Å². The number of hydrogen-bond donors (Lipinski definition) is 3. The zero-order chi connectivity index (χ0) is 14.2. The topological polar surface area (TPSA) is 69.1 Å². The Morgan fingerprint density at radius 2 is 2.05 bits per heavy atom. The molecule has 0 atom stereocenters. The number of allylic oxidation sites excluding steroid dienone is 1. The van der Waals surface area contributed by atoms with Crippen LogP contribution in [0.2, 0.25) is 0 Å². The predicted molar refractivity (Wildman–Crippen MR) is 65.6 cm³/mol. The summed E-state index contributed by atoms with van der Waals surface area (Å²) in [6.45, 7) is 1.55. The molecule has 100 valence electrons. The van der Waals surface area contributed by atoms with Gasteiger partial charge in [-0.1, -0.05) is 12.2 Å². The van der Waals surface area contributed by atoms with Crippen molar-refractivity contribution in [1.29, 1.82) is 0 Å². The number of halogens is 3. The van der Waals surface area contributed by atoms with Crippen LogP contribution in [0.15, 0.2) is 18.3 Å². The normalized spacial score (nSPS) is 12.5. The Balaban J connectivity index is 2.91. The second-order valence-electron chi connectivity index (χ2n) is 3.95. The van der Waals surface area contributed by atoms with Crippen molar-refractivity contribution in [1.82, 2.24) is 10.2 Å². The summed E-state index contributed by atoms with van der Waals surface area (Å²) in [6.07, 6.45) is -0.735. The SMILES string of the molecule is C/C=C\c1c(C(F)(F)F)cc2[nH]ncc2c1B(O)O. The molecule has 0 bridgehead atoms. The number of rotatable bonds is 2. The zero-order valence-electron chi connectivity index (χ0n) is 9.86. The standard InChI is InChI=1S/C11H10BF3N2O2/c1-2-3-6-8(11(13,14)15)4-9-7(5-16-17-9)10(6)12(18)19/h2-5,18-19H,1H3,(H,16,17)/b3-2-. The monoisotopic (exact) mass is 270 g/mol. The van der Waals surface area contributed by atoms with E-state index < -0.39 is 18.9 Å². The fourth-order valence-corrected chi connectivity index (χ4v) is 1.99. The maximum atomic E-state index is 13.0. The molecule has 0 radical (unpaired) electrons. The van der Waals surface area contributed by atoms with Gasteiger partial charge in [0.15, 0.2) is 0 Å². The summed E-state index contributed by atoms with van der Waals surface area (Å²) in [6, 6.07) is 0.906. The van der Waals surface area contributed by atoms with E-state index in [-0.39, 0.29) is 21.9 Å². The van der Waals surface area contributed by atoms with Crippen molar-refractivity contribution in [3.63, 3.8) is 0 Å². The van der Waals surface area contributed by atoms with E-state index in [0.29, 0.717) is 0 Å². The van der Waals surface area contributed by atoms with Crippen LogP contribution in [-0.4, -0.2) is 27.4 Å². The summed E-state index contributed by atoms with van der Waals surface area (Å²) in [5.74, 6) is 0. The number of aromatic nitrogens is 2. The lowest BCUT2D eigenvalue weighted by Gasteiger charge is -2.15. The quantitative estimate of drug-likeness (QED) is 0.720. The third-order valence-electron chi connectivity index (χ3n) is 2.72. The van der Waals surface area contributed by atoms with Crippen molar-refractivity contribution >= 4 is 29.6 Å². The Labute approximate surface area is 106 Å². The van der Waals surface area contributed by atoms with Gasteiger partial charge in [-0.05, 0) is 18.6 Å². The number of aromatic amines is 1. The van der Waals surface area contributed by atoms with Gasteiger partial charge in [0.25, 0.3) is 0 Å². The van der Waals surface area contributed by atoms with Crippen LogP contribution < -0.4 is 5.46 Å². The molecule has 0 unspecified atom stereocenters. The summed E-state index contributed by atoms with van der Waals surface area (Å²) in [5, 5.41) is 25.0. The molecule has 0 aliphatic rings. The number of benzene rings is 1. The van der Waals surface area contributed by atoms with Crippen LogP contribution in [-0.2, 0) is 6.18 Å². The van der Waals surface area contributed by atoms with E-state index in [2.05, 4.69) is 10.2 Å². The zero-order valence-corrected chi connectivity index (χ0v) is 9.86. The second-order valence-corrected chi connectivity index (χ2v) is 3.95. The lowest BCUT2D eigenvalue weighted by atomic mass is 9.73. The summed E-state index contributed by atoms with van der Waals surface area (Å²) in [5.41, 5.74) is -1.32. The van der Waals surface area contributed by atoms with Crippen LogP contribution in [0.5, 0.6) is 0 Å². The van der Waals surface area contributed by atoms with E-state index in [0.717, 1.165) is 6.07 Å². The average Bonchev–Trinajstić information content (AvgIpc) is 2.73. The van der Waals surface area contributed by atoms with Crippen molar-refractivity contribution < 1.29 is 23.2 Å². The highest BCUT2D eigenvalue weighted by Gasteiger charge is 2.36. The Kier molecular flexibility index (Phi) is 3.38. The first-order chi connectivity index (χ1) is 8.86. The van der Waals surface area contributed by atoms with Gasteiger partial charge in [0.1, 0.15) is 0 Å². The van der Waals surface area contributed by atoms with Gasteiger partial charge < -0.3 is 10.0 Å². The largest absolute Gasteiger partial charge is 0.489 e. The molecule has 0 saturated heterocycles. The molecule has 0 amide bonds. The van der Waals surface area contributed by atoms with Crippen molar-refractivity contribution in [2.75, 3.05) is 0 Å². The van der Waals surface area contributed by atoms with E-state index in [1.807, 2.05) is 0 Å². The minimum atomic E-state index is -4.60. The third kappa shape index (κ3) is 2.36. The van der Waals surface area contributed by atoms with Gasteiger partial charge in [-0.15, -0.1) is 0 Å². The predicted octanol–water partition coefficient (Wildman–Crippen LogP) is 1.29. The number of nitrogens with one attached hydrogen (secondary N) is 1. The molecular weight excluding hydrogens is 260 g/mol. The van der Waals surface area contributed by atoms with Crippen molar-refractivity contribution in [2.45, 2.75) is 13.1 Å². The molecule has 1 aromatic carbocycles. The first-order valence-corrected chi connectivity index (χ1v) is 5.42. The Bertz CT molecular complexity index is 635. The molecule has 19 heavy (non-hydrogen) atoms. The van der Waals surface area contributed by atoms with Gasteiger partial charge in [-0.3, -0.25) is 5.10 Å². The molecule has 2 aromatic rings. The Morgan fingerprint density at radius 3 is 2.58 bits per heavy atom. The van der Waals surface area contributed by atoms with Crippen molar-refractivity contribution in [2.24, 2.45) is 0 Å². The van der Waals surface area contributed by atoms with Crippen LogP contribution in [0.3, 0.4) is 0 Å². The number of H-pyrrole nitrogens is 1. The average molecular weight is 270 g/mol. The summed E-state index contributed by atoms with van der Waals surface area (Å²) in [4.78, 5) is 0. The van der Waals surface area contributed by atoms with Crippen molar-refractivity contribution in [3.8, 4) is 0 Å². The van der Waals surface area contributed by atoms with Crippen LogP contribution >= 0.6 is 0 Å². The minimum Gasteiger partial charge on any atom is -0.423 e. The highest BCUT2D eigenvalue weighted by atomic mass is 19.4. The molecule has 4 nitrogen and oxygen atoms in total. The fraction of sp³-hybridized carbons (Fsp3) is 0.182. The van der Waals surface area contributed by atoms with Crippen LogP contribution in [0.1, 0.15) is 18.1 Å². The lowest BCUT2D eigenvalue weighted by Crippen LogP contribution is -2.34. The Morgan fingerprint density at radius 1 is 1.37 bits per heavy atom. The van der Waals surface area contributed by atoms with E-state index in [4.69, 9.17) is 0 Å². The number of fused-ring (bicyclic) bond motifs is 1. The van der Waals surface area contributed by atoms with Gasteiger partial charge in [0, 0.05) is 10.8 Å². The number of alkyl halides is 3. The lowest BCUT2D eigenvalue weighted by molar-refractivity contribution is -0.137. The molecule has 1 aromatic heterocycles. The van der Waals surface area contributed by atoms with Crippen molar-refractivity contribution in [3.05, 3.63) is 29.5 Å². The summed E-state index contributed by atoms with van der Waals surface area (Å²) in [7, 11) is -2.02. The summed E-state index contributed by atoms with van der Waals surface area (Å²) >= 11 is 0. The van der Waals surface area contributed by atoms with Gasteiger partial charge in [-0.25, -0.2) is 0 Å². The first-order valence-electron chi connectivity index (χ1n) is 5.42. The molecule has 0 fully saturated rings. The smallest absolute Gasteiger partial charge is 0.423 e. The van der Waals surface area contributed by atoms with E-state index >= 15 is 0 Å². The molecule has 8 heteroatoms. The maximum absolute atomic E-state index is 13.0. The molecule has 1 heterocycles. The maximum Gasteiger partial charge on any atom is 0.489 e. The minimum absolute atomic E-state index is 0.101. The third-order valence-corrected chi connectivity index (χ3v) is 2.72. The van der Waals surface area contributed by atoms with Gasteiger partial charge in [0.2, 0.25) is 0 Å². The molecule has 0 spiro atoms. The molecule has 0 aliphatic heterocycles. The fourth-order valence-electron chi connectivity index (χ4n) is 1.99. The van der Waals surface area contributed by atoms with Gasteiger partial charge in [0.05, 0.1) is 17.3 Å². The van der Waals surface area contributed by atoms with Crippen LogP contribution in [0.4, 0.5) is 13.2 Å². The van der Waals surface area contributed by atoms with Crippen LogP contribution in [0, 0.1) is 0 Å². The first kappa shape index (κ1) is 13.6. The Hall–Kier alpha value is -1.80. The number of nitrogens with zero attached hydrogens (tertiary/aromatic N) is 1. The van der Waals surface area contributed by atoms with E-state index in [1.165, 1.54) is 18.3 Å². The van der Waals surface area contributed by atoms with Gasteiger partial charge in [-0.2, -0.15) is 18.3 Å². The molecule has 0 aliphatic carbocycles. The molecule has 3 N–H and O–H groups in total. The van der Waals surface area contributed by atoms with Crippen LogP contribution in [0.25, 0.3) is 17.0 Å².